The zero-order chi connectivity index (χ0) is 15.2. The fourth-order valence-corrected chi connectivity index (χ4v) is 2.14. The van der Waals surface area contributed by atoms with E-state index in [0.29, 0.717) is 12.8 Å². The van der Waals surface area contributed by atoms with Crippen molar-refractivity contribution in [3.05, 3.63) is 35.9 Å². The molecule has 0 radical (unpaired) electrons. The first-order chi connectivity index (χ1) is 10.1. The largest absolute Gasteiger partial charge is 0.454 e. The number of nitrogens with one attached hydrogen (secondary N) is 2. The van der Waals surface area contributed by atoms with E-state index in [9.17, 15) is 14.4 Å². The molecule has 0 bridgehead atoms. The van der Waals surface area contributed by atoms with Crippen LogP contribution in [-0.2, 0) is 19.1 Å². The van der Waals surface area contributed by atoms with Crippen LogP contribution >= 0.6 is 0 Å². The van der Waals surface area contributed by atoms with Crippen LogP contribution in [0.25, 0.3) is 0 Å². The third-order valence-electron chi connectivity index (χ3n) is 3.30. The Labute approximate surface area is 122 Å². The zero-order valence-corrected chi connectivity index (χ0v) is 11.8. The van der Waals surface area contributed by atoms with E-state index in [2.05, 4.69) is 10.6 Å². The first-order valence-electron chi connectivity index (χ1n) is 6.86. The lowest BCUT2D eigenvalue weighted by Crippen LogP contribution is -2.37. The molecule has 1 aromatic rings. The number of hydrogen-bond donors (Lipinski definition) is 2. The lowest BCUT2D eigenvalue weighted by molar-refractivity contribution is -0.150. The summed E-state index contributed by atoms with van der Waals surface area (Å²) in [4.78, 5) is 34.4. The number of esters is 1. The van der Waals surface area contributed by atoms with Gasteiger partial charge in [0, 0.05) is 6.42 Å². The minimum absolute atomic E-state index is 0.163. The molecule has 0 unspecified atom stereocenters. The molecule has 0 aromatic heterocycles. The van der Waals surface area contributed by atoms with Gasteiger partial charge in [0.15, 0.2) is 6.61 Å². The predicted molar refractivity (Wildman–Crippen MR) is 75.1 cm³/mol. The third kappa shape index (κ3) is 4.30. The number of hydrogen-bond acceptors (Lipinski definition) is 4. The number of carbonyl (C=O) groups excluding carboxylic acids is 3. The Bertz CT molecular complexity index is 530. The minimum Gasteiger partial charge on any atom is -0.454 e. The maximum Gasteiger partial charge on any atom is 0.329 e. The molecule has 0 saturated carbocycles. The molecule has 0 spiro atoms. The van der Waals surface area contributed by atoms with Crippen molar-refractivity contribution < 1.29 is 19.1 Å². The van der Waals surface area contributed by atoms with Gasteiger partial charge in [-0.25, -0.2) is 4.79 Å². The van der Waals surface area contributed by atoms with Crippen molar-refractivity contribution in [2.45, 2.75) is 31.8 Å². The van der Waals surface area contributed by atoms with Crippen molar-refractivity contribution in [2.24, 2.45) is 0 Å². The molecule has 1 heterocycles. The summed E-state index contributed by atoms with van der Waals surface area (Å²) in [7, 11) is 0. The molecule has 1 aromatic carbocycles. The summed E-state index contributed by atoms with van der Waals surface area (Å²) >= 11 is 0. The Hall–Kier alpha value is -2.37. The summed E-state index contributed by atoms with van der Waals surface area (Å²) in [6, 6.07) is 8.70. The maximum absolute atomic E-state index is 11.7. The first kappa shape index (κ1) is 15.0. The smallest absolute Gasteiger partial charge is 0.329 e. The van der Waals surface area contributed by atoms with Gasteiger partial charge in [-0.3, -0.25) is 9.59 Å². The van der Waals surface area contributed by atoms with Crippen LogP contribution in [0.5, 0.6) is 0 Å². The van der Waals surface area contributed by atoms with Crippen molar-refractivity contribution in [3.8, 4) is 0 Å². The molecule has 0 aliphatic carbocycles. The zero-order valence-electron chi connectivity index (χ0n) is 11.8. The highest BCUT2D eigenvalue weighted by atomic mass is 16.5. The van der Waals surface area contributed by atoms with Gasteiger partial charge in [-0.05, 0) is 18.9 Å². The van der Waals surface area contributed by atoms with Gasteiger partial charge in [0.2, 0.25) is 5.91 Å². The van der Waals surface area contributed by atoms with Crippen LogP contribution in [0.4, 0.5) is 0 Å². The van der Waals surface area contributed by atoms with E-state index >= 15 is 0 Å². The molecule has 1 saturated heterocycles. The molecule has 21 heavy (non-hydrogen) atoms. The highest BCUT2D eigenvalue weighted by Crippen LogP contribution is 2.11. The third-order valence-corrected chi connectivity index (χ3v) is 3.30. The van der Waals surface area contributed by atoms with Crippen LogP contribution in [0, 0.1) is 0 Å². The van der Waals surface area contributed by atoms with Gasteiger partial charge in [-0.15, -0.1) is 0 Å². The maximum atomic E-state index is 11.7. The Balaban J connectivity index is 1.75. The average molecular weight is 290 g/mol. The van der Waals surface area contributed by atoms with Crippen molar-refractivity contribution in [1.82, 2.24) is 10.6 Å². The molecule has 112 valence electrons. The molecule has 6 nitrogen and oxygen atoms in total. The number of benzene rings is 1. The topological polar surface area (TPSA) is 84.5 Å². The molecular weight excluding hydrogens is 272 g/mol. The summed E-state index contributed by atoms with van der Waals surface area (Å²) in [5.41, 5.74) is 0.972. The van der Waals surface area contributed by atoms with Crippen molar-refractivity contribution in [2.75, 3.05) is 6.61 Å². The van der Waals surface area contributed by atoms with Crippen molar-refractivity contribution in [1.29, 1.82) is 0 Å². The van der Waals surface area contributed by atoms with Crippen LogP contribution in [-0.4, -0.2) is 30.4 Å². The second-order valence-corrected chi connectivity index (χ2v) is 4.97. The summed E-state index contributed by atoms with van der Waals surface area (Å²) in [5.74, 6) is -1.11. The molecular formula is C15H18N2O4. The summed E-state index contributed by atoms with van der Waals surface area (Å²) in [5, 5.41) is 5.25. The van der Waals surface area contributed by atoms with E-state index in [1.807, 2.05) is 37.3 Å². The fraction of sp³-hybridized carbons (Fsp3) is 0.400. The highest BCUT2D eigenvalue weighted by molar-refractivity contribution is 5.89. The van der Waals surface area contributed by atoms with E-state index in [-0.39, 0.29) is 24.5 Å². The fourth-order valence-electron chi connectivity index (χ4n) is 2.14. The molecule has 1 aliphatic rings. The Morgan fingerprint density at radius 3 is 2.71 bits per heavy atom. The van der Waals surface area contributed by atoms with Crippen molar-refractivity contribution in [3.63, 3.8) is 0 Å². The minimum atomic E-state index is -0.628. The van der Waals surface area contributed by atoms with E-state index in [1.165, 1.54) is 0 Å². The number of ether oxygens (including phenoxy) is 1. The van der Waals surface area contributed by atoms with Gasteiger partial charge in [0.25, 0.3) is 5.91 Å². The summed E-state index contributed by atoms with van der Waals surface area (Å²) in [6.07, 6.45) is 0.733. The second-order valence-electron chi connectivity index (χ2n) is 4.97. The molecule has 6 heteroatoms. The highest BCUT2D eigenvalue weighted by Gasteiger charge is 2.28. The van der Waals surface area contributed by atoms with Gasteiger partial charge >= 0.3 is 5.97 Å². The Morgan fingerprint density at radius 1 is 1.38 bits per heavy atom. The molecule has 1 fully saturated rings. The molecule has 2 N–H and O–H groups in total. The molecule has 2 atom stereocenters. The van der Waals surface area contributed by atoms with Gasteiger partial charge in [-0.1, -0.05) is 30.3 Å². The molecule has 2 amide bonds. The standard InChI is InChI=1S/C15H18N2O4/c1-10(11-5-3-2-4-6-11)16-14(19)9-21-15(20)12-7-8-13(18)17-12/h2-6,10,12H,7-9H2,1H3,(H,16,19)(H,17,18)/t10-,12+/m0/s1. The lowest BCUT2D eigenvalue weighted by atomic mass is 10.1. The first-order valence-corrected chi connectivity index (χ1v) is 6.86. The Morgan fingerprint density at radius 2 is 2.10 bits per heavy atom. The van der Waals surface area contributed by atoms with Gasteiger partial charge in [0.05, 0.1) is 6.04 Å². The van der Waals surface area contributed by atoms with Gasteiger partial charge < -0.3 is 15.4 Å². The number of carbonyl (C=O) groups is 3. The van der Waals surface area contributed by atoms with Crippen LogP contribution in [0.3, 0.4) is 0 Å². The van der Waals surface area contributed by atoms with Crippen LogP contribution < -0.4 is 10.6 Å². The lowest BCUT2D eigenvalue weighted by Gasteiger charge is -2.15. The number of amides is 2. The van der Waals surface area contributed by atoms with E-state index in [0.717, 1.165) is 5.56 Å². The summed E-state index contributed by atoms with van der Waals surface area (Å²) < 4.78 is 4.91. The van der Waals surface area contributed by atoms with Crippen molar-refractivity contribution >= 4 is 17.8 Å². The van der Waals surface area contributed by atoms with Gasteiger partial charge in [-0.2, -0.15) is 0 Å². The molecule has 2 rings (SSSR count). The number of rotatable bonds is 5. The predicted octanol–water partition coefficient (Wildman–Crippen LogP) is 0.686. The van der Waals surface area contributed by atoms with Crippen LogP contribution in [0.1, 0.15) is 31.4 Å². The Kier molecular flexibility index (Phi) is 4.92. The van der Waals surface area contributed by atoms with E-state index < -0.39 is 12.0 Å². The average Bonchev–Trinajstić information content (AvgIpc) is 2.92. The molecule has 1 aliphatic heterocycles. The van der Waals surface area contributed by atoms with Gasteiger partial charge in [0.1, 0.15) is 6.04 Å². The van der Waals surface area contributed by atoms with E-state index in [4.69, 9.17) is 4.74 Å². The quantitative estimate of drug-likeness (QED) is 0.781. The SMILES string of the molecule is C[C@H](NC(=O)COC(=O)[C@H]1CCC(=O)N1)c1ccccc1. The van der Waals surface area contributed by atoms with Crippen LogP contribution in [0.15, 0.2) is 30.3 Å². The summed E-state index contributed by atoms with van der Waals surface area (Å²) in [6.45, 7) is 1.51. The van der Waals surface area contributed by atoms with Crippen LogP contribution in [0.2, 0.25) is 0 Å². The second kappa shape index (κ2) is 6.88. The van der Waals surface area contributed by atoms with E-state index in [1.54, 1.807) is 0 Å². The monoisotopic (exact) mass is 290 g/mol. The normalized spacial score (nSPS) is 18.7.